The average Bonchev–Trinajstić information content (AvgIpc) is 2.66. The van der Waals surface area contributed by atoms with Crippen LogP contribution in [-0.2, 0) is 14.6 Å². The van der Waals surface area contributed by atoms with Crippen LogP contribution in [0.25, 0.3) is 0 Å². The molecule has 0 spiro atoms. The summed E-state index contributed by atoms with van der Waals surface area (Å²) in [6.45, 7) is 4.26. The minimum Gasteiger partial charge on any atom is -0.480 e. The van der Waals surface area contributed by atoms with Crippen LogP contribution < -0.4 is 0 Å². The van der Waals surface area contributed by atoms with E-state index < -0.39 is 15.8 Å². The maximum absolute atomic E-state index is 11.7. The highest BCUT2D eigenvalue weighted by molar-refractivity contribution is 7.99. The van der Waals surface area contributed by atoms with Crippen LogP contribution in [0.4, 0.5) is 0 Å². The molecule has 2 atom stereocenters. The molecule has 116 valence electrons. The summed E-state index contributed by atoms with van der Waals surface area (Å²) in [5, 5.41) is 9.18. The van der Waals surface area contributed by atoms with E-state index in [4.69, 9.17) is 0 Å². The molecule has 0 aromatic rings. The molecule has 0 bridgehead atoms. The number of carboxylic acids is 1. The zero-order chi connectivity index (χ0) is 15.0. The second kappa shape index (κ2) is 5.85. The predicted octanol–water partition coefficient (Wildman–Crippen LogP) is 1.09. The minimum atomic E-state index is -2.99. The second-order valence-corrected chi connectivity index (χ2v) is 9.83. The molecule has 2 aliphatic heterocycles. The first kappa shape index (κ1) is 16.1. The number of carboxylic acid groups (broad SMARTS) is 1. The Labute approximate surface area is 125 Å². The molecule has 2 fully saturated rings. The molecule has 2 heterocycles. The Balaban J connectivity index is 2.21. The summed E-state index contributed by atoms with van der Waals surface area (Å²) < 4.78 is 23.4. The van der Waals surface area contributed by atoms with Gasteiger partial charge in [-0.2, -0.15) is 11.8 Å². The number of nitrogens with zero attached hydrogens (tertiary/aromatic N) is 1. The van der Waals surface area contributed by atoms with Gasteiger partial charge in [0.2, 0.25) is 0 Å². The van der Waals surface area contributed by atoms with Gasteiger partial charge in [0.1, 0.15) is 0 Å². The third-order valence-corrected chi connectivity index (χ3v) is 7.26. The van der Waals surface area contributed by atoms with Crippen molar-refractivity contribution in [2.45, 2.75) is 38.8 Å². The van der Waals surface area contributed by atoms with Crippen molar-refractivity contribution in [2.75, 3.05) is 29.6 Å². The van der Waals surface area contributed by atoms with E-state index in [2.05, 4.69) is 13.8 Å². The van der Waals surface area contributed by atoms with Crippen LogP contribution in [0, 0.1) is 5.41 Å². The van der Waals surface area contributed by atoms with E-state index in [9.17, 15) is 18.3 Å². The normalized spacial score (nSPS) is 32.4. The Morgan fingerprint density at radius 3 is 2.65 bits per heavy atom. The lowest BCUT2D eigenvalue weighted by Gasteiger charge is -2.46. The molecule has 2 rings (SSSR count). The van der Waals surface area contributed by atoms with Crippen LogP contribution in [0.5, 0.6) is 0 Å². The van der Waals surface area contributed by atoms with Gasteiger partial charge in [0, 0.05) is 17.8 Å². The first-order chi connectivity index (χ1) is 9.21. The number of aliphatic carboxylic acids is 1. The Morgan fingerprint density at radius 1 is 1.45 bits per heavy atom. The van der Waals surface area contributed by atoms with Gasteiger partial charge in [-0.15, -0.1) is 0 Å². The first-order valence-corrected chi connectivity index (χ1v) is 9.94. The summed E-state index contributed by atoms with van der Waals surface area (Å²) in [4.78, 5) is 13.1. The summed E-state index contributed by atoms with van der Waals surface area (Å²) in [6, 6.07) is -0.00488. The van der Waals surface area contributed by atoms with Gasteiger partial charge >= 0.3 is 5.97 Å². The Bertz CT molecular complexity index is 475. The van der Waals surface area contributed by atoms with Crippen molar-refractivity contribution in [3.63, 3.8) is 0 Å². The standard InChI is InChI=1S/C13H23NO4S2/c1-13(2)4-5-19-8-11(13)14(7-12(15)16)10-3-6-20(17,18)9-10/h10-11H,3-9H2,1-2H3,(H,15,16). The summed E-state index contributed by atoms with van der Waals surface area (Å²) in [7, 11) is -2.99. The van der Waals surface area contributed by atoms with Crippen molar-refractivity contribution in [3.05, 3.63) is 0 Å². The van der Waals surface area contributed by atoms with Gasteiger partial charge in [-0.25, -0.2) is 8.42 Å². The summed E-state index contributed by atoms with van der Waals surface area (Å²) in [5.41, 5.74) is 0.0348. The molecule has 1 N–H and O–H groups in total. The van der Waals surface area contributed by atoms with E-state index >= 15 is 0 Å². The van der Waals surface area contributed by atoms with E-state index in [0.717, 1.165) is 17.9 Å². The number of sulfone groups is 1. The molecule has 7 heteroatoms. The largest absolute Gasteiger partial charge is 0.480 e. The van der Waals surface area contributed by atoms with Gasteiger partial charge < -0.3 is 5.11 Å². The molecule has 0 amide bonds. The van der Waals surface area contributed by atoms with Gasteiger partial charge in [-0.1, -0.05) is 13.8 Å². The van der Waals surface area contributed by atoms with Gasteiger partial charge in [-0.05, 0) is 24.0 Å². The third kappa shape index (κ3) is 3.68. The zero-order valence-electron chi connectivity index (χ0n) is 12.0. The molecular weight excluding hydrogens is 298 g/mol. The van der Waals surface area contributed by atoms with Crippen molar-refractivity contribution in [1.82, 2.24) is 4.90 Å². The van der Waals surface area contributed by atoms with E-state index in [1.807, 2.05) is 16.7 Å². The lowest BCUT2D eigenvalue weighted by atomic mass is 9.80. The fraction of sp³-hybridized carbons (Fsp3) is 0.923. The van der Waals surface area contributed by atoms with E-state index in [-0.39, 0.29) is 35.5 Å². The lowest BCUT2D eigenvalue weighted by molar-refractivity contribution is -0.140. The third-order valence-electron chi connectivity index (χ3n) is 4.46. The molecular formula is C13H23NO4S2. The maximum atomic E-state index is 11.7. The molecule has 2 unspecified atom stereocenters. The number of hydrogen-bond acceptors (Lipinski definition) is 5. The SMILES string of the molecule is CC1(C)CCSCC1N(CC(=O)O)C1CCS(=O)(=O)C1. The van der Waals surface area contributed by atoms with Crippen LogP contribution >= 0.6 is 11.8 Å². The van der Waals surface area contributed by atoms with E-state index in [1.165, 1.54) is 0 Å². The average molecular weight is 321 g/mol. The molecule has 0 aromatic heterocycles. The molecule has 20 heavy (non-hydrogen) atoms. The number of thioether (sulfide) groups is 1. The van der Waals surface area contributed by atoms with Crippen LogP contribution in [-0.4, -0.2) is 66.0 Å². The highest BCUT2D eigenvalue weighted by atomic mass is 32.2. The Hall–Kier alpha value is -0.270. The molecule has 0 radical (unpaired) electrons. The molecule has 2 saturated heterocycles. The van der Waals surface area contributed by atoms with Crippen molar-refractivity contribution < 1.29 is 18.3 Å². The van der Waals surface area contributed by atoms with Gasteiger partial charge in [0.05, 0.1) is 18.1 Å². The van der Waals surface area contributed by atoms with Crippen molar-refractivity contribution in [2.24, 2.45) is 5.41 Å². The van der Waals surface area contributed by atoms with E-state index in [0.29, 0.717) is 6.42 Å². The van der Waals surface area contributed by atoms with E-state index in [1.54, 1.807) is 0 Å². The van der Waals surface area contributed by atoms with Crippen molar-refractivity contribution in [1.29, 1.82) is 0 Å². The number of rotatable bonds is 4. The van der Waals surface area contributed by atoms with Crippen molar-refractivity contribution >= 4 is 27.6 Å². The number of carbonyl (C=O) groups is 1. The molecule has 0 aliphatic carbocycles. The van der Waals surface area contributed by atoms with Crippen LogP contribution in [0.3, 0.4) is 0 Å². The summed E-state index contributed by atoms with van der Waals surface area (Å²) >= 11 is 1.84. The highest BCUT2D eigenvalue weighted by Gasteiger charge is 2.43. The summed E-state index contributed by atoms with van der Waals surface area (Å²) in [5.74, 6) is 1.40. The quantitative estimate of drug-likeness (QED) is 0.835. The monoisotopic (exact) mass is 321 g/mol. The van der Waals surface area contributed by atoms with Crippen LogP contribution in [0.1, 0.15) is 26.7 Å². The van der Waals surface area contributed by atoms with Crippen LogP contribution in [0.2, 0.25) is 0 Å². The Kier molecular flexibility index (Phi) is 4.71. The molecule has 0 saturated carbocycles. The lowest BCUT2D eigenvalue weighted by Crippen LogP contribution is -2.55. The van der Waals surface area contributed by atoms with Gasteiger partial charge in [-0.3, -0.25) is 9.69 Å². The van der Waals surface area contributed by atoms with Crippen molar-refractivity contribution in [3.8, 4) is 0 Å². The molecule has 2 aliphatic rings. The highest BCUT2D eigenvalue weighted by Crippen LogP contribution is 2.39. The fourth-order valence-corrected chi connectivity index (χ4v) is 6.60. The number of hydrogen-bond donors (Lipinski definition) is 1. The minimum absolute atomic E-state index is 0.0348. The molecule has 5 nitrogen and oxygen atoms in total. The van der Waals surface area contributed by atoms with Gasteiger partial charge in [0.25, 0.3) is 0 Å². The predicted molar refractivity (Wildman–Crippen MR) is 80.9 cm³/mol. The Morgan fingerprint density at radius 2 is 2.15 bits per heavy atom. The summed E-state index contributed by atoms with van der Waals surface area (Å²) in [6.07, 6.45) is 1.60. The smallest absolute Gasteiger partial charge is 0.317 e. The van der Waals surface area contributed by atoms with Crippen LogP contribution in [0.15, 0.2) is 0 Å². The zero-order valence-corrected chi connectivity index (χ0v) is 13.7. The van der Waals surface area contributed by atoms with Gasteiger partial charge in [0.15, 0.2) is 9.84 Å². The second-order valence-electron chi connectivity index (χ2n) is 6.45. The first-order valence-electron chi connectivity index (χ1n) is 6.97. The topological polar surface area (TPSA) is 74.7 Å². The molecule has 0 aromatic carbocycles. The fourth-order valence-electron chi connectivity index (χ4n) is 3.15. The maximum Gasteiger partial charge on any atom is 0.317 e.